The topological polar surface area (TPSA) is 129 Å². The number of aliphatic hydroxyl groups excluding tert-OH is 1. The highest BCUT2D eigenvalue weighted by atomic mass is 35.5. The lowest BCUT2D eigenvalue weighted by molar-refractivity contribution is -0.137. The summed E-state index contributed by atoms with van der Waals surface area (Å²) < 4.78 is 7.06. The number of aliphatic hydroxyl groups is 1. The van der Waals surface area contributed by atoms with Gasteiger partial charge in [0.1, 0.15) is 5.65 Å². The van der Waals surface area contributed by atoms with Crippen molar-refractivity contribution in [1.82, 2.24) is 24.6 Å². The standard InChI is InChI=1S/C36H37Cl2N5O5/c1-42(16-4-3-11-32(45)46)22-25-21-40-31-19-23(14-17-43(31)36(25)47)26-7-5-8-27(33(26)37)28-9-6-10-29(34(28)38)30-13-12-24(20-39-15-18-44)35(41-30)48-2/h5-10,12-14,17,19,21,39,44H,3-4,11,15-16,18,20,22H2,1-2H3,(H,45,46). The van der Waals surface area contributed by atoms with Gasteiger partial charge in [-0.3, -0.25) is 14.0 Å². The molecule has 0 radical (unpaired) electrons. The third kappa shape index (κ3) is 8.03. The van der Waals surface area contributed by atoms with Crippen molar-refractivity contribution < 1.29 is 19.7 Å². The van der Waals surface area contributed by atoms with Crippen LogP contribution in [-0.2, 0) is 17.9 Å². The van der Waals surface area contributed by atoms with Gasteiger partial charge >= 0.3 is 5.97 Å². The van der Waals surface area contributed by atoms with E-state index < -0.39 is 5.97 Å². The summed E-state index contributed by atoms with van der Waals surface area (Å²) in [5, 5.41) is 22.0. The van der Waals surface area contributed by atoms with Crippen LogP contribution in [0.3, 0.4) is 0 Å². The van der Waals surface area contributed by atoms with Gasteiger partial charge in [-0.05, 0) is 50.2 Å². The minimum atomic E-state index is -0.805. The first-order valence-corrected chi connectivity index (χ1v) is 16.3. The van der Waals surface area contributed by atoms with Crippen molar-refractivity contribution in [2.24, 2.45) is 0 Å². The molecule has 5 aromatic rings. The first-order valence-electron chi connectivity index (χ1n) is 15.6. The number of hydrogen-bond acceptors (Lipinski definition) is 8. The number of nitrogens with one attached hydrogen (secondary N) is 1. The van der Waals surface area contributed by atoms with Crippen LogP contribution in [0.5, 0.6) is 5.88 Å². The summed E-state index contributed by atoms with van der Waals surface area (Å²) in [6.45, 7) is 2.09. The molecule has 3 N–H and O–H groups in total. The van der Waals surface area contributed by atoms with E-state index in [1.807, 2.05) is 72.6 Å². The van der Waals surface area contributed by atoms with E-state index >= 15 is 0 Å². The Bertz CT molecular complexity index is 1980. The minimum absolute atomic E-state index is 0.0392. The molecule has 10 nitrogen and oxygen atoms in total. The lowest BCUT2D eigenvalue weighted by atomic mass is 9.97. The van der Waals surface area contributed by atoms with Crippen LogP contribution in [0.4, 0.5) is 0 Å². The largest absolute Gasteiger partial charge is 0.481 e. The number of methoxy groups -OCH3 is 1. The third-order valence-corrected chi connectivity index (χ3v) is 8.83. The fourth-order valence-corrected chi connectivity index (χ4v) is 6.21. The Morgan fingerprint density at radius 1 is 0.979 bits per heavy atom. The maximum absolute atomic E-state index is 13.3. The molecule has 0 aliphatic rings. The van der Waals surface area contributed by atoms with Crippen LogP contribution >= 0.6 is 23.2 Å². The average Bonchev–Trinajstić information content (AvgIpc) is 3.08. The van der Waals surface area contributed by atoms with Crippen LogP contribution in [0, 0.1) is 0 Å². The molecule has 0 fully saturated rings. The van der Waals surface area contributed by atoms with E-state index in [9.17, 15) is 9.59 Å². The van der Waals surface area contributed by atoms with Crippen molar-refractivity contribution in [2.45, 2.75) is 32.4 Å². The maximum Gasteiger partial charge on any atom is 0.303 e. The van der Waals surface area contributed by atoms with Gasteiger partial charge in [0, 0.05) is 66.3 Å². The van der Waals surface area contributed by atoms with Crippen molar-refractivity contribution in [3.8, 4) is 39.4 Å². The Morgan fingerprint density at radius 3 is 2.40 bits per heavy atom. The van der Waals surface area contributed by atoms with Crippen molar-refractivity contribution >= 4 is 34.8 Å². The number of ether oxygens (including phenoxy) is 1. The molecule has 0 saturated heterocycles. The number of carboxylic acids is 1. The number of aliphatic carboxylic acids is 1. The number of halogens is 2. The molecule has 250 valence electrons. The number of unbranched alkanes of at least 4 members (excludes halogenated alkanes) is 1. The van der Waals surface area contributed by atoms with E-state index in [4.69, 9.17) is 43.1 Å². The molecule has 48 heavy (non-hydrogen) atoms. The van der Waals surface area contributed by atoms with E-state index in [0.29, 0.717) is 65.4 Å². The summed E-state index contributed by atoms with van der Waals surface area (Å²) in [6, 6.07) is 18.9. The summed E-state index contributed by atoms with van der Waals surface area (Å²) in [4.78, 5) is 35.3. The highest BCUT2D eigenvalue weighted by molar-refractivity contribution is 6.39. The smallest absolute Gasteiger partial charge is 0.303 e. The Hall–Kier alpha value is -4.32. The zero-order valence-electron chi connectivity index (χ0n) is 26.7. The monoisotopic (exact) mass is 689 g/mol. The number of rotatable bonds is 15. The second-order valence-corrected chi connectivity index (χ2v) is 12.2. The van der Waals surface area contributed by atoms with Gasteiger partial charge in [0.25, 0.3) is 5.56 Å². The molecule has 3 aromatic heterocycles. The second-order valence-electron chi connectivity index (χ2n) is 11.4. The summed E-state index contributed by atoms with van der Waals surface area (Å²) >= 11 is 14.1. The molecule has 0 saturated carbocycles. The van der Waals surface area contributed by atoms with Gasteiger partial charge in [0.05, 0.1) is 35.0 Å². The summed E-state index contributed by atoms with van der Waals surface area (Å²) in [5.74, 6) is -0.336. The average molecular weight is 691 g/mol. The number of carboxylic acid groups (broad SMARTS) is 1. The molecule has 5 rings (SSSR count). The van der Waals surface area contributed by atoms with Crippen LogP contribution in [0.2, 0.25) is 10.0 Å². The first-order chi connectivity index (χ1) is 23.2. The van der Waals surface area contributed by atoms with Gasteiger partial charge in [-0.1, -0.05) is 65.7 Å². The zero-order valence-corrected chi connectivity index (χ0v) is 28.3. The first kappa shape index (κ1) is 35.0. The van der Waals surface area contributed by atoms with Crippen LogP contribution in [-0.4, -0.2) is 69.3 Å². The Labute approximate surface area is 288 Å². The second kappa shape index (κ2) is 16.2. The van der Waals surface area contributed by atoms with Crippen molar-refractivity contribution in [3.05, 3.63) is 105 Å². The lowest BCUT2D eigenvalue weighted by Crippen LogP contribution is -2.26. The van der Waals surface area contributed by atoms with Gasteiger partial charge in [0.15, 0.2) is 0 Å². The molecule has 0 atom stereocenters. The number of nitrogens with zero attached hydrogens (tertiary/aromatic N) is 4. The number of fused-ring (bicyclic) bond motifs is 1. The van der Waals surface area contributed by atoms with Crippen LogP contribution < -0.4 is 15.6 Å². The molecule has 12 heteroatoms. The van der Waals surface area contributed by atoms with Gasteiger partial charge in [-0.2, -0.15) is 0 Å². The summed E-state index contributed by atoms with van der Waals surface area (Å²) in [7, 11) is 3.47. The van der Waals surface area contributed by atoms with E-state index in [1.165, 1.54) is 4.40 Å². The predicted molar refractivity (Wildman–Crippen MR) is 189 cm³/mol. The number of pyridine rings is 2. The van der Waals surface area contributed by atoms with Crippen molar-refractivity contribution in [3.63, 3.8) is 0 Å². The molecule has 0 aliphatic heterocycles. The summed E-state index contributed by atoms with van der Waals surface area (Å²) in [5.41, 5.74) is 6.14. The minimum Gasteiger partial charge on any atom is -0.481 e. The van der Waals surface area contributed by atoms with Gasteiger partial charge in [-0.15, -0.1) is 0 Å². The Kier molecular flexibility index (Phi) is 11.8. The molecule has 0 unspecified atom stereocenters. The summed E-state index contributed by atoms with van der Waals surface area (Å²) in [6.07, 6.45) is 4.75. The highest BCUT2D eigenvalue weighted by Gasteiger charge is 2.18. The van der Waals surface area contributed by atoms with E-state index in [1.54, 1.807) is 19.5 Å². The molecule has 0 spiro atoms. The van der Waals surface area contributed by atoms with Crippen molar-refractivity contribution in [1.29, 1.82) is 0 Å². The Morgan fingerprint density at radius 2 is 1.69 bits per heavy atom. The number of hydrogen-bond donors (Lipinski definition) is 3. The van der Waals surface area contributed by atoms with E-state index in [-0.39, 0.29) is 18.6 Å². The number of benzene rings is 2. The van der Waals surface area contributed by atoms with Gasteiger partial charge in [-0.25, -0.2) is 9.97 Å². The molecular formula is C36H37Cl2N5O5. The quantitative estimate of drug-likeness (QED) is 0.110. The molecule has 0 bridgehead atoms. The highest BCUT2D eigenvalue weighted by Crippen LogP contribution is 2.42. The van der Waals surface area contributed by atoms with E-state index in [0.717, 1.165) is 39.8 Å². The van der Waals surface area contributed by atoms with E-state index in [2.05, 4.69) is 10.3 Å². The molecule has 3 heterocycles. The fourth-order valence-electron chi connectivity index (χ4n) is 5.55. The normalized spacial score (nSPS) is 11.4. The van der Waals surface area contributed by atoms with Crippen LogP contribution in [0.15, 0.2) is 77.9 Å². The van der Waals surface area contributed by atoms with Crippen LogP contribution in [0.25, 0.3) is 39.2 Å². The molecule has 2 aromatic carbocycles. The molecular weight excluding hydrogens is 653 g/mol. The maximum atomic E-state index is 13.3. The fraction of sp³-hybridized carbons (Fsp3) is 0.278. The number of aromatic nitrogens is 3. The molecule has 0 amide bonds. The van der Waals surface area contributed by atoms with Crippen molar-refractivity contribution in [2.75, 3.05) is 33.9 Å². The zero-order chi connectivity index (χ0) is 34.2. The third-order valence-electron chi connectivity index (χ3n) is 8.01. The molecule has 0 aliphatic carbocycles. The Balaban J connectivity index is 1.41. The SMILES string of the molecule is COc1nc(-c2cccc(-c3cccc(-c4ccn5c(=O)c(CN(C)CCCCC(=O)O)cnc5c4)c3Cl)c2Cl)ccc1CNCCO. The predicted octanol–water partition coefficient (Wildman–Crippen LogP) is 6.17. The van der Waals surface area contributed by atoms with Crippen LogP contribution in [0.1, 0.15) is 30.4 Å². The van der Waals surface area contributed by atoms with Gasteiger partial charge in [0.2, 0.25) is 5.88 Å². The lowest BCUT2D eigenvalue weighted by Gasteiger charge is -2.16. The number of carbonyl (C=O) groups is 1. The van der Waals surface area contributed by atoms with Gasteiger partial charge < -0.3 is 25.2 Å².